The van der Waals surface area contributed by atoms with E-state index >= 15 is 0 Å². The number of aryl methyl sites for hydroxylation is 1. The number of hydrogen-bond donors (Lipinski definition) is 1. The molecule has 130 valence electrons. The molecule has 0 radical (unpaired) electrons. The van der Waals surface area contributed by atoms with E-state index in [1.165, 1.54) is 10.9 Å². The molecule has 2 heterocycles. The number of aromatic nitrogens is 5. The number of benzene rings is 1. The van der Waals surface area contributed by atoms with Gasteiger partial charge in [0, 0.05) is 12.7 Å². The van der Waals surface area contributed by atoms with Crippen molar-refractivity contribution in [3.05, 3.63) is 46.4 Å². The van der Waals surface area contributed by atoms with Gasteiger partial charge in [0.15, 0.2) is 5.65 Å². The summed E-state index contributed by atoms with van der Waals surface area (Å²) in [5.41, 5.74) is -0.916. The lowest BCUT2D eigenvalue weighted by Crippen LogP contribution is -2.30. The second-order valence-corrected chi connectivity index (χ2v) is 5.18. The molecule has 0 aliphatic carbocycles. The Kier molecular flexibility index (Phi) is 3.99. The van der Waals surface area contributed by atoms with Gasteiger partial charge in [-0.25, -0.2) is 9.36 Å². The zero-order valence-corrected chi connectivity index (χ0v) is 12.8. The van der Waals surface area contributed by atoms with Crippen LogP contribution < -0.4 is 10.9 Å². The van der Waals surface area contributed by atoms with Crippen LogP contribution in [-0.4, -0.2) is 30.7 Å². The van der Waals surface area contributed by atoms with E-state index in [4.69, 9.17) is 0 Å². The number of nitrogens with one attached hydrogen (secondary N) is 1. The second-order valence-electron chi connectivity index (χ2n) is 5.18. The van der Waals surface area contributed by atoms with E-state index < -0.39 is 29.8 Å². The lowest BCUT2D eigenvalue weighted by molar-refractivity contribution is -0.137. The van der Waals surface area contributed by atoms with Crippen LogP contribution in [0.4, 0.5) is 18.9 Å². The molecule has 8 nitrogen and oxygen atoms in total. The van der Waals surface area contributed by atoms with Crippen molar-refractivity contribution in [3.63, 3.8) is 0 Å². The standard InChI is InChI=1S/C14H11F3N6O2/c1-22-12-10(6-18-22)13(25)23(21-20-12)7-11(24)19-9-4-2-8(3-5-9)14(15,16)17/h2-6H,7H2,1H3,(H,19,24). The number of alkyl halides is 3. The number of fused-ring (bicyclic) bond motifs is 1. The molecule has 1 aromatic carbocycles. The summed E-state index contributed by atoms with van der Waals surface area (Å²) in [6, 6.07) is 3.95. The molecule has 1 N–H and O–H groups in total. The summed E-state index contributed by atoms with van der Waals surface area (Å²) < 4.78 is 39.7. The molecule has 0 aliphatic rings. The lowest BCUT2D eigenvalue weighted by atomic mass is 10.2. The van der Waals surface area contributed by atoms with Crippen LogP contribution >= 0.6 is 0 Å². The van der Waals surface area contributed by atoms with Crippen LogP contribution in [0, 0.1) is 0 Å². The van der Waals surface area contributed by atoms with Crippen LogP contribution in [0.5, 0.6) is 0 Å². The molecule has 0 saturated carbocycles. The van der Waals surface area contributed by atoms with E-state index in [1.807, 2.05) is 0 Å². The number of carbonyl (C=O) groups excluding carboxylic acids is 1. The number of hydrogen-bond acceptors (Lipinski definition) is 5. The fraction of sp³-hybridized carbons (Fsp3) is 0.214. The van der Waals surface area contributed by atoms with E-state index in [0.717, 1.165) is 28.9 Å². The molecule has 2 aromatic heterocycles. The molecule has 0 fully saturated rings. The molecule has 0 saturated heterocycles. The fourth-order valence-electron chi connectivity index (χ4n) is 2.16. The van der Waals surface area contributed by atoms with Crippen molar-refractivity contribution in [1.82, 2.24) is 24.8 Å². The minimum Gasteiger partial charge on any atom is -0.324 e. The monoisotopic (exact) mass is 352 g/mol. The molecule has 0 bridgehead atoms. The van der Waals surface area contributed by atoms with Crippen LogP contribution in [0.15, 0.2) is 35.3 Å². The average molecular weight is 352 g/mol. The molecule has 3 rings (SSSR count). The summed E-state index contributed by atoms with van der Waals surface area (Å²) in [7, 11) is 1.60. The topological polar surface area (TPSA) is 94.7 Å². The van der Waals surface area contributed by atoms with Crippen molar-refractivity contribution in [3.8, 4) is 0 Å². The Labute approximate surface area is 137 Å². The Morgan fingerprint density at radius 1 is 1.24 bits per heavy atom. The van der Waals surface area contributed by atoms with Crippen molar-refractivity contribution < 1.29 is 18.0 Å². The molecule has 11 heteroatoms. The second kappa shape index (κ2) is 6.00. The van der Waals surface area contributed by atoms with Gasteiger partial charge >= 0.3 is 6.18 Å². The van der Waals surface area contributed by atoms with Crippen LogP contribution in [0.25, 0.3) is 11.0 Å². The van der Waals surface area contributed by atoms with Crippen LogP contribution in [-0.2, 0) is 24.6 Å². The minimum absolute atomic E-state index is 0.168. The summed E-state index contributed by atoms with van der Waals surface area (Å²) >= 11 is 0. The first-order valence-corrected chi connectivity index (χ1v) is 6.98. The van der Waals surface area contributed by atoms with Crippen molar-refractivity contribution in [2.75, 3.05) is 5.32 Å². The van der Waals surface area contributed by atoms with Gasteiger partial charge in [-0.1, -0.05) is 5.21 Å². The maximum Gasteiger partial charge on any atom is 0.416 e. The zero-order valence-electron chi connectivity index (χ0n) is 12.8. The van der Waals surface area contributed by atoms with Gasteiger partial charge < -0.3 is 5.32 Å². The molecule has 0 spiro atoms. The van der Waals surface area contributed by atoms with E-state index in [0.29, 0.717) is 0 Å². The number of carbonyl (C=O) groups is 1. The fourth-order valence-corrected chi connectivity index (χ4v) is 2.16. The highest BCUT2D eigenvalue weighted by atomic mass is 19.4. The lowest BCUT2D eigenvalue weighted by Gasteiger charge is -2.09. The molecular weight excluding hydrogens is 341 g/mol. The summed E-state index contributed by atoms with van der Waals surface area (Å²) in [6.45, 7) is -0.433. The van der Waals surface area contributed by atoms with Crippen molar-refractivity contribution in [2.45, 2.75) is 12.7 Å². The van der Waals surface area contributed by atoms with Crippen molar-refractivity contribution >= 4 is 22.6 Å². The van der Waals surface area contributed by atoms with E-state index in [-0.39, 0.29) is 16.7 Å². The number of anilines is 1. The average Bonchev–Trinajstić information content (AvgIpc) is 2.92. The van der Waals surface area contributed by atoms with Gasteiger partial charge in [-0.15, -0.1) is 5.10 Å². The summed E-state index contributed by atoms with van der Waals surface area (Å²) in [4.78, 5) is 24.2. The van der Waals surface area contributed by atoms with Gasteiger partial charge in [0.1, 0.15) is 11.9 Å². The zero-order chi connectivity index (χ0) is 18.2. The molecule has 3 aromatic rings. The highest BCUT2D eigenvalue weighted by Crippen LogP contribution is 2.29. The van der Waals surface area contributed by atoms with Crippen molar-refractivity contribution in [1.29, 1.82) is 0 Å². The molecule has 0 atom stereocenters. The summed E-state index contributed by atoms with van der Waals surface area (Å²) in [5.74, 6) is -0.626. The number of nitrogens with zero attached hydrogens (tertiary/aromatic N) is 5. The van der Waals surface area contributed by atoms with Gasteiger partial charge in [0.25, 0.3) is 5.56 Å². The van der Waals surface area contributed by atoms with Crippen molar-refractivity contribution in [2.24, 2.45) is 7.05 Å². The van der Waals surface area contributed by atoms with Gasteiger partial charge in [-0.3, -0.25) is 9.59 Å². The third-order valence-corrected chi connectivity index (χ3v) is 3.41. The first kappa shape index (κ1) is 16.6. The summed E-state index contributed by atoms with van der Waals surface area (Å²) in [6.07, 6.45) is -3.14. The maximum absolute atomic E-state index is 12.5. The number of rotatable bonds is 3. The van der Waals surface area contributed by atoms with E-state index in [9.17, 15) is 22.8 Å². The van der Waals surface area contributed by atoms with Gasteiger partial charge in [-0.05, 0) is 24.3 Å². The van der Waals surface area contributed by atoms with Gasteiger partial charge in [0.05, 0.1) is 11.8 Å². The van der Waals surface area contributed by atoms with Crippen LogP contribution in [0.1, 0.15) is 5.56 Å². The van der Waals surface area contributed by atoms with Crippen LogP contribution in [0.3, 0.4) is 0 Å². The molecule has 25 heavy (non-hydrogen) atoms. The van der Waals surface area contributed by atoms with Gasteiger partial charge in [0.2, 0.25) is 5.91 Å². The Morgan fingerprint density at radius 2 is 1.92 bits per heavy atom. The summed E-state index contributed by atoms with van der Waals surface area (Å²) in [5, 5.41) is 13.9. The Hall–Kier alpha value is -3.24. The molecule has 0 unspecified atom stereocenters. The Bertz CT molecular complexity index is 990. The quantitative estimate of drug-likeness (QED) is 0.764. The van der Waals surface area contributed by atoms with Crippen LogP contribution in [0.2, 0.25) is 0 Å². The molecule has 0 aliphatic heterocycles. The SMILES string of the molecule is Cn1ncc2c(=O)n(CC(=O)Nc3ccc(C(F)(F)F)cc3)nnc21. The maximum atomic E-state index is 12.5. The normalized spacial score (nSPS) is 11.7. The largest absolute Gasteiger partial charge is 0.416 e. The third kappa shape index (κ3) is 3.34. The predicted molar refractivity (Wildman–Crippen MR) is 80.6 cm³/mol. The first-order chi connectivity index (χ1) is 11.8. The number of halogens is 3. The number of amides is 1. The Balaban J connectivity index is 1.75. The molecule has 1 amide bonds. The van der Waals surface area contributed by atoms with E-state index in [1.54, 1.807) is 7.05 Å². The Morgan fingerprint density at radius 3 is 2.56 bits per heavy atom. The first-order valence-electron chi connectivity index (χ1n) is 6.98. The smallest absolute Gasteiger partial charge is 0.324 e. The third-order valence-electron chi connectivity index (χ3n) is 3.41. The molecular formula is C14H11F3N6O2. The predicted octanol–water partition coefficient (Wildman–Crippen LogP) is 1.18. The van der Waals surface area contributed by atoms with Gasteiger partial charge in [-0.2, -0.15) is 18.3 Å². The highest BCUT2D eigenvalue weighted by molar-refractivity contribution is 5.90. The minimum atomic E-state index is -4.45. The van der Waals surface area contributed by atoms with E-state index in [2.05, 4.69) is 20.7 Å². The highest BCUT2D eigenvalue weighted by Gasteiger charge is 2.30.